The smallest absolute Gasteiger partial charge is 0.255 e. The zero-order chi connectivity index (χ0) is 21.3. The standard InChI is InChI=1S/C25H27FN2O2/c1-3-4-5-6-7-8-16-30-23-11-9-10-22(24(23)26)28-25(29)20-14-15-21-19(17-20)13-12-18(2)27-21/h3-4,9-15,17H,5-8,16H2,1-2H3,(H,28,29). The molecule has 1 amide bonds. The molecule has 0 aliphatic rings. The van der Waals surface area contributed by atoms with Crippen LogP contribution in [0.2, 0.25) is 0 Å². The van der Waals surface area contributed by atoms with Crippen molar-refractivity contribution >= 4 is 22.5 Å². The van der Waals surface area contributed by atoms with Crippen LogP contribution in [0.4, 0.5) is 10.1 Å². The maximum absolute atomic E-state index is 14.8. The number of carbonyl (C=O) groups excluding carboxylic acids is 1. The van der Waals surface area contributed by atoms with Crippen molar-refractivity contribution < 1.29 is 13.9 Å². The Labute approximate surface area is 176 Å². The largest absolute Gasteiger partial charge is 0.490 e. The lowest BCUT2D eigenvalue weighted by atomic mass is 10.1. The molecule has 156 valence electrons. The zero-order valence-electron chi connectivity index (χ0n) is 17.5. The zero-order valence-corrected chi connectivity index (χ0v) is 17.5. The van der Waals surface area contributed by atoms with E-state index in [2.05, 4.69) is 16.4 Å². The van der Waals surface area contributed by atoms with Crippen LogP contribution in [0.3, 0.4) is 0 Å². The third-order valence-electron chi connectivity index (χ3n) is 4.81. The van der Waals surface area contributed by atoms with Crippen molar-refractivity contribution in [1.29, 1.82) is 0 Å². The minimum absolute atomic E-state index is 0.104. The van der Waals surface area contributed by atoms with E-state index in [1.54, 1.807) is 30.3 Å². The molecule has 5 heteroatoms. The number of unbranched alkanes of at least 4 members (excludes halogenated alkanes) is 3. The molecule has 0 unspecified atom stereocenters. The SMILES string of the molecule is CC=CCCCCCOc1cccc(NC(=O)c2ccc3nc(C)ccc3c2)c1F. The molecule has 0 radical (unpaired) electrons. The summed E-state index contributed by atoms with van der Waals surface area (Å²) in [5.74, 6) is -0.783. The Balaban J connectivity index is 1.61. The minimum Gasteiger partial charge on any atom is -0.490 e. The van der Waals surface area contributed by atoms with Crippen molar-refractivity contribution in [2.75, 3.05) is 11.9 Å². The fourth-order valence-electron chi connectivity index (χ4n) is 3.17. The van der Waals surface area contributed by atoms with Gasteiger partial charge in [0, 0.05) is 16.6 Å². The molecular formula is C25H27FN2O2. The van der Waals surface area contributed by atoms with E-state index in [4.69, 9.17) is 4.74 Å². The predicted octanol–water partition coefficient (Wildman–Crippen LogP) is 6.45. The summed E-state index contributed by atoms with van der Waals surface area (Å²) in [5.41, 5.74) is 2.28. The summed E-state index contributed by atoms with van der Waals surface area (Å²) in [6.07, 6.45) is 8.21. The second kappa shape index (κ2) is 10.5. The van der Waals surface area contributed by atoms with Crippen molar-refractivity contribution in [3.05, 3.63) is 77.8 Å². The first kappa shape index (κ1) is 21.5. The van der Waals surface area contributed by atoms with Gasteiger partial charge in [0.2, 0.25) is 0 Å². The number of aromatic nitrogens is 1. The van der Waals surface area contributed by atoms with Crippen molar-refractivity contribution in [2.45, 2.75) is 39.5 Å². The number of hydrogen-bond acceptors (Lipinski definition) is 3. The van der Waals surface area contributed by atoms with Gasteiger partial charge in [0.15, 0.2) is 11.6 Å². The van der Waals surface area contributed by atoms with Crippen molar-refractivity contribution in [3.8, 4) is 5.75 Å². The van der Waals surface area contributed by atoms with Gasteiger partial charge in [-0.25, -0.2) is 4.39 Å². The van der Waals surface area contributed by atoms with Crippen LogP contribution in [0.25, 0.3) is 10.9 Å². The maximum atomic E-state index is 14.8. The molecule has 4 nitrogen and oxygen atoms in total. The molecule has 3 rings (SSSR count). The molecule has 0 saturated heterocycles. The summed E-state index contributed by atoms with van der Waals surface area (Å²) in [4.78, 5) is 17.1. The number of hydrogen-bond donors (Lipinski definition) is 1. The van der Waals surface area contributed by atoms with E-state index in [0.717, 1.165) is 42.3 Å². The number of fused-ring (bicyclic) bond motifs is 1. The Kier molecular flexibility index (Phi) is 7.55. The van der Waals surface area contributed by atoms with Crippen LogP contribution < -0.4 is 10.1 Å². The van der Waals surface area contributed by atoms with E-state index < -0.39 is 5.82 Å². The van der Waals surface area contributed by atoms with E-state index >= 15 is 0 Å². The first-order chi connectivity index (χ1) is 14.6. The van der Waals surface area contributed by atoms with Gasteiger partial charge in [-0.05, 0) is 75.9 Å². The lowest BCUT2D eigenvalue weighted by molar-refractivity contribution is 0.102. The number of nitrogens with zero attached hydrogens (tertiary/aromatic N) is 1. The van der Waals surface area contributed by atoms with Crippen LogP contribution in [0.15, 0.2) is 60.7 Å². The summed E-state index contributed by atoms with van der Waals surface area (Å²) in [5, 5.41) is 3.51. The molecule has 0 fully saturated rings. The lowest BCUT2D eigenvalue weighted by Gasteiger charge is -2.11. The number of rotatable bonds is 9. The molecule has 0 aliphatic carbocycles. The highest BCUT2D eigenvalue weighted by Gasteiger charge is 2.14. The summed E-state index contributed by atoms with van der Waals surface area (Å²) >= 11 is 0. The van der Waals surface area contributed by atoms with Gasteiger partial charge in [0.25, 0.3) is 5.91 Å². The van der Waals surface area contributed by atoms with Gasteiger partial charge in [-0.15, -0.1) is 0 Å². The molecular weight excluding hydrogens is 379 g/mol. The Morgan fingerprint density at radius 1 is 1.13 bits per heavy atom. The molecule has 0 bridgehead atoms. The number of amides is 1. The molecule has 1 N–H and O–H groups in total. The van der Waals surface area contributed by atoms with Crippen molar-refractivity contribution in [3.63, 3.8) is 0 Å². The Morgan fingerprint density at radius 2 is 2.00 bits per heavy atom. The quantitative estimate of drug-likeness (QED) is 0.328. The van der Waals surface area contributed by atoms with Crippen LogP contribution >= 0.6 is 0 Å². The monoisotopic (exact) mass is 406 g/mol. The Hall–Kier alpha value is -3.21. The predicted molar refractivity (Wildman–Crippen MR) is 120 cm³/mol. The highest BCUT2D eigenvalue weighted by molar-refractivity contribution is 6.06. The first-order valence-electron chi connectivity index (χ1n) is 10.3. The number of anilines is 1. The lowest BCUT2D eigenvalue weighted by Crippen LogP contribution is -2.13. The first-order valence-corrected chi connectivity index (χ1v) is 10.3. The Bertz CT molecular complexity index is 1050. The fraction of sp³-hybridized carbons (Fsp3) is 0.280. The third-order valence-corrected chi connectivity index (χ3v) is 4.81. The number of ether oxygens (including phenoxy) is 1. The minimum atomic E-state index is -0.558. The Morgan fingerprint density at radius 3 is 2.83 bits per heavy atom. The molecule has 2 aromatic carbocycles. The van der Waals surface area contributed by atoms with Crippen LogP contribution in [0.5, 0.6) is 5.75 Å². The molecule has 30 heavy (non-hydrogen) atoms. The highest BCUT2D eigenvalue weighted by Crippen LogP contribution is 2.25. The molecule has 1 aromatic heterocycles. The van der Waals surface area contributed by atoms with Gasteiger partial charge in [0.1, 0.15) is 0 Å². The van der Waals surface area contributed by atoms with Gasteiger partial charge in [-0.2, -0.15) is 0 Å². The maximum Gasteiger partial charge on any atom is 0.255 e. The van der Waals surface area contributed by atoms with E-state index in [1.807, 2.05) is 32.1 Å². The average molecular weight is 407 g/mol. The van der Waals surface area contributed by atoms with Gasteiger partial charge in [0.05, 0.1) is 17.8 Å². The van der Waals surface area contributed by atoms with E-state index in [1.165, 1.54) is 6.07 Å². The number of halogens is 1. The van der Waals surface area contributed by atoms with Crippen LogP contribution in [0.1, 0.15) is 48.7 Å². The number of aryl methyl sites for hydroxylation is 1. The van der Waals surface area contributed by atoms with Gasteiger partial charge < -0.3 is 10.1 Å². The molecule has 0 spiro atoms. The van der Waals surface area contributed by atoms with Crippen LogP contribution in [0, 0.1) is 12.7 Å². The molecule has 0 aliphatic heterocycles. The van der Waals surface area contributed by atoms with Crippen LogP contribution in [-0.4, -0.2) is 17.5 Å². The molecule has 1 heterocycles. The second-order valence-electron chi connectivity index (χ2n) is 7.20. The number of benzene rings is 2. The number of allylic oxidation sites excluding steroid dienone is 2. The summed E-state index contributed by atoms with van der Waals surface area (Å²) in [7, 11) is 0. The molecule has 0 saturated carbocycles. The normalized spacial score (nSPS) is 11.2. The summed E-state index contributed by atoms with van der Waals surface area (Å²) < 4.78 is 20.4. The van der Waals surface area contributed by atoms with Crippen molar-refractivity contribution in [2.24, 2.45) is 0 Å². The summed E-state index contributed by atoms with van der Waals surface area (Å²) in [6.45, 7) is 4.37. The van der Waals surface area contributed by atoms with Crippen molar-refractivity contribution in [1.82, 2.24) is 4.98 Å². The number of pyridine rings is 1. The third kappa shape index (κ3) is 5.66. The molecule has 0 atom stereocenters. The van der Waals surface area contributed by atoms with E-state index in [0.29, 0.717) is 12.2 Å². The topological polar surface area (TPSA) is 51.2 Å². The van der Waals surface area contributed by atoms with Crippen LogP contribution in [-0.2, 0) is 0 Å². The number of carbonyl (C=O) groups is 1. The van der Waals surface area contributed by atoms with E-state index in [9.17, 15) is 9.18 Å². The average Bonchev–Trinajstić information content (AvgIpc) is 2.75. The number of nitrogens with one attached hydrogen (secondary N) is 1. The second-order valence-corrected chi connectivity index (χ2v) is 7.20. The fourth-order valence-corrected chi connectivity index (χ4v) is 3.17. The summed E-state index contributed by atoms with van der Waals surface area (Å²) in [6, 6.07) is 13.8. The van der Waals surface area contributed by atoms with Gasteiger partial charge in [-0.3, -0.25) is 9.78 Å². The van der Waals surface area contributed by atoms with Gasteiger partial charge >= 0.3 is 0 Å². The highest BCUT2D eigenvalue weighted by atomic mass is 19.1. The van der Waals surface area contributed by atoms with Gasteiger partial charge in [-0.1, -0.05) is 24.3 Å². The molecule has 3 aromatic rings. The van der Waals surface area contributed by atoms with E-state index in [-0.39, 0.29) is 17.3 Å².